The summed E-state index contributed by atoms with van der Waals surface area (Å²) in [4.78, 5) is 35.6. The number of carbonyl (C=O) groups is 3. The van der Waals surface area contributed by atoms with E-state index in [1.165, 1.54) is 7.11 Å². The third kappa shape index (κ3) is 4.04. The van der Waals surface area contributed by atoms with Gasteiger partial charge < -0.3 is 14.0 Å². The Morgan fingerprint density at radius 1 is 1.21 bits per heavy atom. The predicted octanol–water partition coefficient (Wildman–Crippen LogP) is 2.75. The highest BCUT2D eigenvalue weighted by Gasteiger charge is 2.40. The molecule has 0 atom stereocenters. The number of aromatic nitrogens is 1. The zero-order chi connectivity index (χ0) is 17.6. The van der Waals surface area contributed by atoms with Crippen LogP contribution in [0.3, 0.4) is 0 Å². The molecule has 6 nitrogen and oxygen atoms in total. The summed E-state index contributed by atoms with van der Waals surface area (Å²) >= 11 is 0. The Bertz CT molecular complexity index is 598. The number of methoxy groups -OCH3 is 1. The monoisotopic (exact) mass is 335 g/mol. The van der Waals surface area contributed by atoms with Crippen molar-refractivity contribution < 1.29 is 23.9 Å². The number of carbonyl (C=O) groups excluding carboxylic acids is 3. The number of Topliss-reactive ketones (excluding diaryl/α,β-unsaturated/α-hetero) is 1. The third-order valence-electron chi connectivity index (χ3n) is 4.75. The van der Waals surface area contributed by atoms with E-state index in [2.05, 4.69) is 0 Å². The smallest absolute Gasteiger partial charge is 0.379 e. The van der Waals surface area contributed by atoms with Crippen molar-refractivity contribution in [3.8, 4) is 0 Å². The normalized spacial score (nSPS) is 16.4. The summed E-state index contributed by atoms with van der Waals surface area (Å²) in [5.41, 5.74) is -0.119. The predicted molar refractivity (Wildman–Crippen MR) is 87.5 cm³/mol. The van der Waals surface area contributed by atoms with Gasteiger partial charge in [-0.3, -0.25) is 9.59 Å². The molecule has 1 aromatic heterocycles. The first kappa shape index (κ1) is 18.2. The number of nitrogens with zero attached hydrogens (tertiary/aromatic N) is 1. The van der Waals surface area contributed by atoms with Crippen LogP contribution in [0.2, 0.25) is 0 Å². The van der Waals surface area contributed by atoms with Gasteiger partial charge in [0.1, 0.15) is 0 Å². The van der Waals surface area contributed by atoms with Gasteiger partial charge in [0.15, 0.2) is 0 Å². The maximum atomic E-state index is 12.2. The lowest BCUT2D eigenvalue weighted by Gasteiger charge is -2.34. The molecule has 24 heavy (non-hydrogen) atoms. The van der Waals surface area contributed by atoms with Crippen LogP contribution in [0.4, 0.5) is 0 Å². The van der Waals surface area contributed by atoms with Gasteiger partial charge in [-0.05, 0) is 32.3 Å². The average molecular weight is 335 g/mol. The number of hydrogen-bond donors (Lipinski definition) is 0. The Labute approximate surface area is 142 Å². The van der Waals surface area contributed by atoms with Crippen LogP contribution in [0.1, 0.15) is 55.8 Å². The van der Waals surface area contributed by atoms with Crippen molar-refractivity contribution >= 4 is 17.7 Å². The van der Waals surface area contributed by atoms with Crippen LogP contribution >= 0.6 is 0 Å². The molecule has 1 saturated carbocycles. The molecular formula is C18H25NO5. The molecular weight excluding hydrogens is 310 g/mol. The minimum Gasteiger partial charge on any atom is -0.469 e. The summed E-state index contributed by atoms with van der Waals surface area (Å²) in [6.07, 6.45) is 8.96. The SMILES string of the molecule is CCOC(=O)C(=O)c1ccn(CCC2(C(=O)OC)CCCCC2)c1. The Morgan fingerprint density at radius 2 is 1.92 bits per heavy atom. The van der Waals surface area contributed by atoms with Crippen LogP contribution in [-0.4, -0.2) is 36.0 Å². The van der Waals surface area contributed by atoms with E-state index >= 15 is 0 Å². The van der Waals surface area contributed by atoms with E-state index < -0.39 is 17.2 Å². The van der Waals surface area contributed by atoms with Crippen molar-refractivity contribution in [2.24, 2.45) is 5.41 Å². The first-order valence-corrected chi connectivity index (χ1v) is 8.48. The van der Waals surface area contributed by atoms with Crippen molar-refractivity contribution in [1.29, 1.82) is 0 Å². The molecule has 1 aliphatic rings. The molecule has 1 aromatic rings. The second-order valence-electron chi connectivity index (χ2n) is 6.27. The molecule has 0 aliphatic heterocycles. The molecule has 0 bridgehead atoms. The van der Waals surface area contributed by atoms with Gasteiger partial charge in [-0.15, -0.1) is 0 Å². The lowest BCUT2D eigenvalue weighted by atomic mass is 9.72. The molecule has 132 valence electrons. The fourth-order valence-electron chi connectivity index (χ4n) is 3.37. The topological polar surface area (TPSA) is 74.6 Å². The van der Waals surface area contributed by atoms with Crippen LogP contribution in [0.5, 0.6) is 0 Å². The van der Waals surface area contributed by atoms with Gasteiger partial charge in [-0.2, -0.15) is 0 Å². The Kier molecular flexibility index (Phi) is 6.17. The molecule has 6 heteroatoms. The zero-order valence-corrected chi connectivity index (χ0v) is 14.4. The summed E-state index contributed by atoms with van der Waals surface area (Å²) in [6, 6.07) is 1.60. The minimum atomic E-state index is -0.839. The summed E-state index contributed by atoms with van der Waals surface area (Å²) in [6.45, 7) is 2.44. The molecule has 0 spiro atoms. The van der Waals surface area contributed by atoms with Gasteiger partial charge in [-0.25, -0.2) is 4.79 Å². The lowest BCUT2D eigenvalue weighted by Crippen LogP contribution is -2.35. The van der Waals surface area contributed by atoms with E-state index in [9.17, 15) is 14.4 Å². The van der Waals surface area contributed by atoms with Gasteiger partial charge in [0.2, 0.25) is 0 Å². The van der Waals surface area contributed by atoms with E-state index in [0.29, 0.717) is 18.5 Å². The quantitative estimate of drug-likeness (QED) is 0.435. The highest BCUT2D eigenvalue weighted by Crippen LogP contribution is 2.40. The Balaban J connectivity index is 2.02. The second kappa shape index (κ2) is 8.13. The minimum absolute atomic E-state index is 0.142. The maximum absolute atomic E-state index is 12.2. The van der Waals surface area contributed by atoms with E-state index in [-0.39, 0.29) is 12.6 Å². The van der Waals surface area contributed by atoms with E-state index in [1.807, 2.05) is 4.57 Å². The third-order valence-corrected chi connectivity index (χ3v) is 4.75. The van der Waals surface area contributed by atoms with Crippen LogP contribution in [0.15, 0.2) is 18.5 Å². The molecule has 1 heterocycles. The first-order valence-electron chi connectivity index (χ1n) is 8.48. The number of aryl methyl sites for hydroxylation is 1. The summed E-state index contributed by atoms with van der Waals surface area (Å²) in [5, 5.41) is 0. The number of esters is 2. The van der Waals surface area contributed by atoms with Crippen molar-refractivity contribution in [2.45, 2.75) is 52.0 Å². The molecule has 1 aliphatic carbocycles. The zero-order valence-electron chi connectivity index (χ0n) is 14.4. The van der Waals surface area contributed by atoms with Crippen molar-refractivity contribution in [3.63, 3.8) is 0 Å². The summed E-state index contributed by atoms with van der Waals surface area (Å²) < 4.78 is 11.6. The molecule has 0 aromatic carbocycles. The highest BCUT2D eigenvalue weighted by molar-refractivity contribution is 6.40. The molecule has 0 amide bonds. The van der Waals surface area contributed by atoms with Crippen LogP contribution < -0.4 is 0 Å². The Hall–Kier alpha value is -2.11. The number of hydrogen-bond acceptors (Lipinski definition) is 5. The van der Waals surface area contributed by atoms with E-state index in [4.69, 9.17) is 9.47 Å². The fourth-order valence-corrected chi connectivity index (χ4v) is 3.37. The molecule has 1 fully saturated rings. The van der Waals surface area contributed by atoms with Crippen LogP contribution in [0.25, 0.3) is 0 Å². The summed E-state index contributed by atoms with van der Waals surface area (Å²) in [5.74, 6) is -1.62. The number of rotatable bonds is 7. The Morgan fingerprint density at radius 3 is 2.54 bits per heavy atom. The van der Waals surface area contributed by atoms with Gasteiger partial charge in [0.05, 0.1) is 19.1 Å². The number of ether oxygens (including phenoxy) is 2. The van der Waals surface area contributed by atoms with Crippen LogP contribution in [0, 0.1) is 5.41 Å². The molecule has 0 radical (unpaired) electrons. The van der Waals surface area contributed by atoms with Gasteiger partial charge in [-0.1, -0.05) is 19.3 Å². The maximum Gasteiger partial charge on any atom is 0.379 e. The highest BCUT2D eigenvalue weighted by atomic mass is 16.5. The average Bonchev–Trinajstić information content (AvgIpc) is 3.08. The van der Waals surface area contributed by atoms with E-state index in [1.54, 1.807) is 25.4 Å². The van der Waals surface area contributed by atoms with Crippen molar-refractivity contribution in [1.82, 2.24) is 4.57 Å². The second-order valence-corrected chi connectivity index (χ2v) is 6.27. The molecule has 0 N–H and O–H groups in total. The fraction of sp³-hybridized carbons (Fsp3) is 0.611. The van der Waals surface area contributed by atoms with E-state index in [0.717, 1.165) is 32.1 Å². The van der Waals surface area contributed by atoms with Gasteiger partial charge >= 0.3 is 11.9 Å². The molecule has 0 saturated heterocycles. The van der Waals surface area contributed by atoms with Crippen molar-refractivity contribution in [2.75, 3.05) is 13.7 Å². The van der Waals surface area contributed by atoms with Gasteiger partial charge in [0, 0.05) is 24.5 Å². The number of ketones is 1. The lowest BCUT2D eigenvalue weighted by molar-refractivity contribution is -0.155. The summed E-state index contributed by atoms with van der Waals surface area (Å²) in [7, 11) is 1.43. The first-order chi connectivity index (χ1) is 11.5. The van der Waals surface area contributed by atoms with Gasteiger partial charge in [0.25, 0.3) is 5.78 Å². The van der Waals surface area contributed by atoms with Crippen LogP contribution in [-0.2, 0) is 25.6 Å². The largest absolute Gasteiger partial charge is 0.469 e. The molecule has 0 unspecified atom stereocenters. The van der Waals surface area contributed by atoms with Crippen molar-refractivity contribution in [3.05, 3.63) is 24.0 Å². The standard InChI is InChI=1S/C18H25NO5/c1-3-24-16(21)15(20)14-7-11-19(13-14)12-10-18(17(22)23-2)8-5-4-6-9-18/h7,11,13H,3-6,8-10,12H2,1-2H3. The molecule has 2 rings (SSSR count).